The molecule has 3 heterocycles. The lowest BCUT2D eigenvalue weighted by atomic mass is 10.4. The maximum Gasteiger partial charge on any atom is 0.289 e. The molecule has 106 valence electrons. The summed E-state index contributed by atoms with van der Waals surface area (Å²) in [6, 6.07) is 5.34. The van der Waals surface area contributed by atoms with Crippen molar-refractivity contribution in [2.45, 2.75) is 13.8 Å². The molecule has 0 unspecified atom stereocenters. The van der Waals surface area contributed by atoms with Crippen molar-refractivity contribution in [1.29, 1.82) is 0 Å². The van der Waals surface area contributed by atoms with E-state index in [1.165, 1.54) is 6.20 Å². The Morgan fingerprint density at radius 2 is 1.86 bits per heavy atom. The molecule has 0 spiro atoms. The molecule has 0 aliphatic carbocycles. The van der Waals surface area contributed by atoms with E-state index in [1.54, 1.807) is 16.8 Å². The van der Waals surface area contributed by atoms with Crippen molar-refractivity contribution < 1.29 is 0 Å². The van der Waals surface area contributed by atoms with Gasteiger partial charge in [0.2, 0.25) is 0 Å². The van der Waals surface area contributed by atoms with E-state index in [-0.39, 0.29) is 5.95 Å². The molecule has 0 bridgehead atoms. The van der Waals surface area contributed by atoms with Gasteiger partial charge in [0.05, 0.1) is 10.7 Å². The summed E-state index contributed by atoms with van der Waals surface area (Å²) in [6.07, 6.45) is 1.52. The van der Waals surface area contributed by atoms with Gasteiger partial charge in [0.25, 0.3) is 11.9 Å². The van der Waals surface area contributed by atoms with Gasteiger partial charge in [-0.25, -0.2) is 9.67 Å². The minimum atomic E-state index is 0.245. The average molecular weight is 303 g/mol. The fraction of sp³-hybridized carbons (Fsp3) is 0.167. The van der Waals surface area contributed by atoms with Crippen LogP contribution in [0.3, 0.4) is 0 Å². The molecule has 8 nitrogen and oxygen atoms in total. The smallest absolute Gasteiger partial charge is 0.289 e. The van der Waals surface area contributed by atoms with Crippen LogP contribution in [-0.4, -0.2) is 35.2 Å². The minimum absolute atomic E-state index is 0.245. The summed E-state index contributed by atoms with van der Waals surface area (Å²) in [5.74, 6) is 1.12. The van der Waals surface area contributed by atoms with Crippen LogP contribution in [0.2, 0.25) is 5.02 Å². The maximum absolute atomic E-state index is 5.76. The van der Waals surface area contributed by atoms with Crippen molar-refractivity contribution in [3.05, 3.63) is 40.8 Å². The molecule has 3 rings (SSSR count). The van der Waals surface area contributed by atoms with Gasteiger partial charge in [-0.2, -0.15) is 5.10 Å². The van der Waals surface area contributed by atoms with Gasteiger partial charge in [0, 0.05) is 11.9 Å². The molecule has 0 aromatic carbocycles. The van der Waals surface area contributed by atoms with E-state index in [1.807, 2.05) is 19.9 Å². The van der Waals surface area contributed by atoms with Crippen molar-refractivity contribution in [2.24, 2.45) is 0 Å². The number of anilines is 2. The van der Waals surface area contributed by atoms with Crippen LogP contribution in [-0.2, 0) is 0 Å². The van der Waals surface area contributed by atoms with Crippen LogP contribution in [0, 0.1) is 13.8 Å². The number of rotatable bonds is 3. The Hall–Kier alpha value is -2.61. The number of pyridine rings is 1. The predicted molar refractivity (Wildman–Crippen MR) is 76.7 cm³/mol. The molecular weight excluding hydrogens is 292 g/mol. The Morgan fingerprint density at radius 1 is 1.10 bits per heavy atom. The predicted octanol–water partition coefficient (Wildman–Crippen LogP) is 1.86. The molecule has 0 fully saturated rings. The van der Waals surface area contributed by atoms with Gasteiger partial charge < -0.3 is 5.32 Å². The summed E-state index contributed by atoms with van der Waals surface area (Å²) in [5, 5.41) is 23.6. The summed E-state index contributed by atoms with van der Waals surface area (Å²) in [5.41, 5.74) is 1.79. The quantitative estimate of drug-likeness (QED) is 0.789. The lowest BCUT2D eigenvalue weighted by Crippen LogP contribution is -2.10. The summed E-state index contributed by atoms with van der Waals surface area (Å²) in [4.78, 5) is 4.08. The van der Waals surface area contributed by atoms with Crippen LogP contribution in [0.15, 0.2) is 24.4 Å². The molecule has 3 aromatic rings. The fourth-order valence-electron chi connectivity index (χ4n) is 1.75. The van der Waals surface area contributed by atoms with E-state index in [9.17, 15) is 0 Å². The van der Waals surface area contributed by atoms with Gasteiger partial charge >= 0.3 is 0 Å². The number of aryl methyl sites for hydroxylation is 2. The molecule has 1 N–H and O–H groups in total. The fourth-order valence-corrected chi connectivity index (χ4v) is 1.87. The normalized spacial score (nSPS) is 10.6. The molecule has 0 saturated heterocycles. The van der Waals surface area contributed by atoms with Gasteiger partial charge in [-0.3, -0.25) is 0 Å². The van der Waals surface area contributed by atoms with E-state index >= 15 is 0 Å². The second kappa shape index (κ2) is 5.41. The Balaban J connectivity index is 1.81. The maximum atomic E-state index is 5.76. The summed E-state index contributed by atoms with van der Waals surface area (Å²) in [6.45, 7) is 3.81. The first kappa shape index (κ1) is 13.4. The average Bonchev–Trinajstić information content (AvgIpc) is 2.81. The van der Waals surface area contributed by atoms with Crippen molar-refractivity contribution in [1.82, 2.24) is 35.2 Å². The summed E-state index contributed by atoms with van der Waals surface area (Å²) < 4.78 is 1.58. The number of hydrogen-bond donors (Lipinski definition) is 1. The zero-order valence-corrected chi connectivity index (χ0v) is 12.1. The lowest BCUT2D eigenvalue weighted by molar-refractivity contribution is 0.713. The Kier molecular flexibility index (Phi) is 3.44. The number of aromatic nitrogens is 7. The molecule has 3 aromatic heterocycles. The second-order valence-electron chi connectivity index (χ2n) is 4.35. The van der Waals surface area contributed by atoms with Crippen LogP contribution in [0.25, 0.3) is 5.95 Å². The zero-order valence-electron chi connectivity index (χ0n) is 11.3. The first-order valence-electron chi connectivity index (χ1n) is 6.11. The summed E-state index contributed by atoms with van der Waals surface area (Å²) >= 11 is 5.76. The zero-order chi connectivity index (χ0) is 14.8. The van der Waals surface area contributed by atoms with E-state index < -0.39 is 0 Å². The minimum Gasteiger partial charge on any atom is -0.306 e. The number of halogens is 1. The van der Waals surface area contributed by atoms with Crippen molar-refractivity contribution in [3.63, 3.8) is 0 Å². The van der Waals surface area contributed by atoms with Crippen molar-refractivity contribution >= 4 is 23.4 Å². The number of nitrogens with one attached hydrogen (secondary N) is 1. The van der Waals surface area contributed by atoms with Crippen molar-refractivity contribution in [3.8, 4) is 5.95 Å². The number of nitrogens with zero attached hydrogens (tertiary/aromatic N) is 7. The van der Waals surface area contributed by atoms with E-state index in [4.69, 9.17) is 11.6 Å². The highest BCUT2D eigenvalue weighted by molar-refractivity contribution is 6.30. The lowest BCUT2D eigenvalue weighted by Gasteiger charge is -2.03. The SMILES string of the molecule is Cc1cc(C)n(-c2nnc(Nc3ccc(Cl)cn3)nn2)n1. The van der Waals surface area contributed by atoms with Gasteiger partial charge in [-0.05, 0) is 32.0 Å². The molecule has 21 heavy (non-hydrogen) atoms. The summed E-state index contributed by atoms with van der Waals surface area (Å²) in [7, 11) is 0. The van der Waals surface area contributed by atoms with Crippen LogP contribution in [0.1, 0.15) is 11.4 Å². The van der Waals surface area contributed by atoms with Crippen molar-refractivity contribution in [2.75, 3.05) is 5.32 Å². The molecule has 0 aliphatic heterocycles. The highest BCUT2D eigenvalue weighted by Crippen LogP contribution is 2.12. The largest absolute Gasteiger partial charge is 0.306 e. The molecule has 0 atom stereocenters. The molecule has 0 aliphatic rings. The Morgan fingerprint density at radius 3 is 2.43 bits per heavy atom. The first-order valence-corrected chi connectivity index (χ1v) is 6.49. The van der Waals surface area contributed by atoms with E-state index in [0.29, 0.717) is 16.8 Å². The Labute approximate surface area is 125 Å². The topological polar surface area (TPSA) is 94.3 Å². The van der Waals surface area contributed by atoms with Crippen LogP contribution in [0.5, 0.6) is 0 Å². The molecule has 0 amide bonds. The van der Waals surface area contributed by atoms with Crippen LogP contribution >= 0.6 is 11.6 Å². The van der Waals surface area contributed by atoms with Crippen LogP contribution in [0.4, 0.5) is 11.8 Å². The first-order chi connectivity index (χ1) is 10.1. The second-order valence-corrected chi connectivity index (χ2v) is 4.79. The molecule has 0 saturated carbocycles. The van der Waals surface area contributed by atoms with E-state index in [0.717, 1.165) is 11.4 Å². The molecular formula is C12H11ClN8. The van der Waals surface area contributed by atoms with Gasteiger partial charge in [0.1, 0.15) is 5.82 Å². The van der Waals surface area contributed by atoms with Gasteiger partial charge in [0.15, 0.2) is 0 Å². The number of hydrogen-bond acceptors (Lipinski definition) is 7. The van der Waals surface area contributed by atoms with Gasteiger partial charge in [-0.1, -0.05) is 11.6 Å². The third-order valence-electron chi connectivity index (χ3n) is 2.63. The standard InChI is InChI=1S/C12H11ClN8/c1-7-5-8(2)21(20-7)12-18-16-11(17-19-12)15-10-4-3-9(13)6-14-10/h3-6H,1-2H3,(H,14,15,16,17). The van der Waals surface area contributed by atoms with Crippen LogP contribution < -0.4 is 5.32 Å². The third-order valence-corrected chi connectivity index (χ3v) is 2.86. The van der Waals surface area contributed by atoms with Gasteiger partial charge in [-0.15, -0.1) is 20.4 Å². The Bertz CT molecular complexity index is 750. The third kappa shape index (κ3) is 2.95. The molecule has 9 heteroatoms. The molecule has 0 radical (unpaired) electrons. The monoisotopic (exact) mass is 302 g/mol. The highest BCUT2D eigenvalue weighted by Gasteiger charge is 2.08. The van der Waals surface area contributed by atoms with E-state index in [2.05, 4.69) is 35.8 Å². The highest BCUT2D eigenvalue weighted by atomic mass is 35.5.